The van der Waals surface area contributed by atoms with E-state index in [0.717, 1.165) is 30.2 Å². The van der Waals surface area contributed by atoms with Crippen molar-refractivity contribution in [3.8, 4) is 0 Å². The van der Waals surface area contributed by atoms with Gasteiger partial charge in [-0.25, -0.2) is 0 Å². The van der Waals surface area contributed by atoms with Gasteiger partial charge in [-0.3, -0.25) is 0 Å². The van der Waals surface area contributed by atoms with Gasteiger partial charge < -0.3 is 10.2 Å². The maximum absolute atomic E-state index is 6.37. The lowest BCUT2D eigenvalue weighted by molar-refractivity contribution is 0.652. The molecule has 1 aliphatic heterocycles. The SMILES string of the molecule is CNC(C)c1ccc(N2CC=CCC2)c(Cl)c1. The second kappa shape index (κ2) is 5.56. The zero-order valence-corrected chi connectivity index (χ0v) is 11.2. The highest BCUT2D eigenvalue weighted by molar-refractivity contribution is 6.33. The summed E-state index contributed by atoms with van der Waals surface area (Å²) in [6.07, 6.45) is 5.52. The Kier molecular flexibility index (Phi) is 4.08. The molecule has 92 valence electrons. The minimum absolute atomic E-state index is 0.336. The number of anilines is 1. The second-order valence-corrected chi connectivity index (χ2v) is 4.83. The van der Waals surface area contributed by atoms with Gasteiger partial charge in [-0.2, -0.15) is 0 Å². The summed E-state index contributed by atoms with van der Waals surface area (Å²) in [5.74, 6) is 0. The molecule has 0 amide bonds. The summed E-state index contributed by atoms with van der Waals surface area (Å²) >= 11 is 6.37. The fourth-order valence-corrected chi connectivity index (χ4v) is 2.38. The number of rotatable bonds is 3. The van der Waals surface area contributed by atoms with Crippen LogP contribution in [0, 0.1) is 0 Å². The van der Waals surface area contributed by atoms with Crippen molar-refractivity contribution in [1.82, 2.24) is 5.32 Å². The molecule has 2 nitrogen and oxygen atoms in total. The normalized spacial score (nSPS) is 17.2. The Balaban J connectivity index is 2.22. The number of hydrogen-bond donors (Lipinski definition) is 1. The summed E-state index contributed by atoms with van der Waals surface area (Å²) in [6, 6.07) is 6.68. The third-order valence-corrected chi connectivity index (χ3v) is 3.61. The first-order valence-corrected chi connectivity index (χ1v) is 6.47. The lowest BCUT2D eigenvalue weighted by atomic mass is 10.1. The number of nitrogens with zero attached hydrogens (tertiary/aromatic N) is 1. The smallest absolute Gasteiger partial charge is 0.0643 e. The highest BCUT2D eigenvalue weighted by Gasteiger charge is 2.12. The Morgan fingerprint density at radius 1 is 1.35 bits per heavy atom. The molecule has 2 rings (SSSR count). The largest absolute Gasteiger partial charge is 0.366 e. The van der Waals surface area contributed by atoms with Gasteiger partial charge in [-0.15, -0.1) is 0 Å². The molecule has 0 aromatic heterocycles. The van der Waals surface area contributed by atoms with Gasteiger partial charge >= 0.3 is 0 Å². The molecule has 1 N–H and O–H groups in total. The minimum atomic E-state index is 0.336. The lowest BCUT2D eigenvalue weighted by Crippen LogP contribution is -2.27. The van der Waals surface area contributed by atoms with Crippen molar-refractivity contribution < 1.29 is 0 Å². The molecule has 1 unspecified atom stereocenters. The van der Waals surface area contributed by atoms with E-state index < -0.39 is 0 Å². The van der Waals surface area contributed by atoms with Gasteiger partial charge in [0, 0.05) is 19.1 Å². The Bertz CT molecular complexity index is 415. The zero-order chi connectivity index (χ0) is 12.3. The molecule has 0 bridgehead atoms. The van der Waals surface area contributed by atoms with Crippen LogP contribution in [-0.4, -0.2) is 20.1 Å². The Morgan fingerprint density at radius 2 is 2.18 bits per heavy atom. The van der Waals surface area contributed by atoms with Crippen LogP contribution in [0.2, 0.25) is 5.02 Å². The molecule has 1 aromatic rings. The van der Waals surface area contributed by atoms with Gasteiger partial charge in [-0.1, -0.05) is 29.8 Å². The number of benzene rings is 1. The first-order chi connectivity index (χ1) is 8.22. The average Bonchev–Trinajstić information content (AvgIpc) is 2.38. The minimum Gasteiger partial charge on any atom is -0.366 e. The van der Waals surface area contributed by atoms with E-state index in [2.05, 4.69) is 47.5 Å². The van der Waals surface area contributed by atoms with Crippen LogP contribution < -0.4 is 10.2 Å². The molecule has 0 radical (unpaired) electrons. The third-order valence-electron chi connectivity index (χ3n) is 3.30. The van der Waals surface area contributed by atoms with Gasteiger partial charge in [0.2, 0.25) is 0 Å². The van der Waals surface area contributed by atoms with Crippen molar-refractivity contribution in [3.63, 3.8) is 0 Å². The van der Waals surface area contributed by atoms with Crippen molar-refractivity contribution in [2.24, 2.45) is 0 Å². The number of hydrogen-bond acceptors (Lipinski definition) is 2. The number of halogens is 1. The van der Waals surface area contributed by atoms with Crippen molar-refractivity contribution >= 4 is 17.3 Å². The van der Waals surface area contributed by atoms with Crippen LogP contribution in [-0.2, 0) is 0 Å². The van der Waals surface area contributed by atoms with E-state index in [1.165, 1.54) is 5.56 Å². The fraction of sp³-hybridized carbons (Fsp3) is 0.429. The highest BCUT2D eigenvalue weighted by atomic mass is 35.5. The number of nitrogens with one attached hydrogen (secondary N) is 1. The van der Waals surface area contributed by atoms with Crippen LogP contribution in [0.4, 0.5) is 5.69 Å². The Hall–Kier alpha value is -0.990. The summed E-state index contributed by atoms with van der Waals surface area (Å²) in [6.45, 7) is 4.15. The summed E-state index contributed by atoms with van der Waals surface area (Å²) in [5, 5.41) is 4.07. The van der Waals surface area contributed by atoms with E-state index in [1.807, 2.05) is 7.05 Å². The van der Waals surface area contributed by atoms with Gasteiger partial charge in [0.25, 0.3) is 0 Å². The summed E-state index contributed by atoms with van der Waals surface area (Å²) in [5.41, 5.74) is 2.37. The zero-order valence-electron chi connectivity index (χ0n) is 10.4. The average molecular weight is 251 g/mol. The van der Waals surface area contributed by atoms with Crippen molar-refractivity contribution in [2.75, 3.05) is 25.0 Å². The first kappa shape index (κ1) is 12.5. The van der Waals surface area contributed by atoms with Crippen LogP contribution in [0.3, 0.4) is 0 Å². The van der Waals surface area contributed by atoms with Crippen LogP contribution in [0.15, 0.2) is 30.4 Å². The molecule has 1 aliphatic rings. The Morgan fingerprint density at radius 3 is 2.76 bits per heavy atom. The van der Waals surface area contributed by atoms with Gasteiger partial charge in [-0.05, 0) is 38.1 Å². The van der Waals surface area contributed by atoms with Crippen LogP contribution in [0.5, 0.6) is 0 Å². The van der Waals surface area contributed by atoms with Crippen molar-refractivity contribution in [2.45, 2.75) is 19.4 Å². The quantitative estimate of drug-likeness (QED) is 0.828. The molecule has 3 heteroatoms. The molecule has 0 aliphatic carbocycles. The molecule has 0 spiro atoms. The molecular formula is C14H19ClN2. The van der Waals surface area contributed by atoms with Crippen LogP contribution in [0.25, 0.3) is 0 Å². The van der Waals surface area contributed by atoms with E-state index in [4.69, 9.17) is 11.6 Å². The molecule has 17 heavy (non-hydrogen) atoms. The first-order valence-electron chi connectivity index (χ1n) is 6.09. The predicted molar refractivity (Wildman–Crippen MR) is 74.9 cm³/mol. The van der Waals surface area contributed by atoms with E-state index in [1.54, 1.807) is 0 Å². The molecule has 1 atom stereocenters. The molecule has 1 heterocycles. The van der Waals surface area contributed by atoms with E-state index >= 15 is 0 Å². The predicted octanol–water partition coefficient (Wildman–Crippen LogP) is 3.39. The van der Waals surface area contributed by atoms with E-state index in [0.29, 0.717) is 6.04 Å². The molecule has 0 fully saturated rings. The maximum Gasteiger partial charge on any atom is 0.0643 e. The van der Waals surface area contributed by atoms with Gasteiger partial charge in [0.05, 0.1) is 10.7 Å². The van der Waals surface area contributed by atoms with Gasteiger partial charge in [0.1, 0.15) is 0 Å². The lowest BCUT2D eigenvalue weighted by Gasteiger charge is -2.27. The standard InChI is InChI=1S/C14H19ClN2/c1-11(16-2)12-6-7-14(13(15)10-12)17-8-4-3-5-9-17/h3-4,6-7,10-11,16H,5,8-9H2,1-2H3. The topological polar surface area (TPSA) is 15.3 Å². The van der Waals surface area contributed by atoms with Gasteiger partial charge in [0.15, 0.2) is 0 Å². The van der Waals surface area contributed by atoms with Crippen LogP contribution >= 0.6 is 11.6 Å². The molecule has 0 saturated carbocycles. The molecule has 0 saturated heterocycles. The maximum atomic E-state index is 6.37. The molecular weight excluding hydrogens is 232 g/mol. The summed E-state index contributed by atoms with van der Waals surface area (Å²) in [7, 11) is 1.96. The molecule has 1 aromatic carbocycles. The second-order valence-electron chi connectivity index (χ2n) is 4.43. The van der Waals surface area contributed by atoms with Crippen LogP contribution in [0.1, 0.15) is 24.9 Å². The monoisotopic (exact) mass is 250 g/mol. The Labute approximate surface area is 108 Å². The summed E-state index contributed by atoms with van der Waals surface area (Å²) in [4.78, 5) is 2.32. The highest BCUT2D eigenvalue weighted by Crippen LogP contribution is 2.29. The van der Waals surface area contributed by atoms with E-state index in [9.17, 15) is 0 Å². The fourth-order valence-electron chi connectivity index (χ4n) is 2.08. The van der Waals surface area contributed by atoms with Crippen molar-refractivity contribution in [3.05, 3.63) is 40.9 Å². The van der Waals surface area contributed by atoms with E-state index in [-0.39, 0.29) is 0 Å². The van der Waals surface area contributed by atoms with Crippen molar-refractivity contribution in [1.29, 1.82) is 0 Å². The summed E-state index contributed by atoms with van der Waals surface area (Å²) < 4.78 is 0. The third kappa shape index (κ3) is 2.82.